The second kappa shape index (κ2) is 6.18. The molecular formula is C16H26N4O. The molecule has 1 amide bonds. The van der Waals surface area contributed by atoms with Crippen molar-refractivity contribution in [2.24, 2.45) is 5.92 Å². The number of nitrogens with zero attached hydrogens (tertiary/aromatic N) is 4. The van der Waals surface area contributed by atoms with Crippen molar-refractivity contribution >= 4 is 5.91 Å². The second-order valence-corrected chi connectivity index (χ2v) is 6.42. The van der Waals surface area contributed by atoms with Gasteiger partial charge < -0.3 is 14.4 Å². The van der Waals surface area contributed by atoms with Gasteiger partial charge in [0.05, 0.1) is 5.92 Å². The van der Waals surface area contributed by atoms with Crippen molar-refractivity contribution < 1.29 is 4.79 Å². The number of imidazole rings is 1. The van der Waals surface area contributed by atoms with E-state index in [9.17, 15) is 4.79 Å². The molecule has 5 heteroatoms. The number of carbonyl (C=O) groups is 1. The van der Waals surface area contributed by atoms with E-state index in [1.165, 1.54) is 5.82 Å². The van der Waals surface area contributed by atoms with E-state index in [-0.39, 0.29) is 5.92 Å². The van der Waals surface area contributed by atoms with Crippen molar-refractivity contribution in [3.8, 4) is 0 Å². The molecule has 2 saturated heterocycles. The highest BCUT2D eigenvalue weighted by atomic mass is 16.2. The first-order valence-corrected chi connectivity index (χ1v) is 8.17. The summed E-state index contributed by atoms with van der Waals surface area (Å²) < 4.78 is 2.23. The predicted molar refractivity (Wildman–Crippen MR) is 82.1 cm³/mol. The minimum atomic E-state index is 0.226. The van der Waals surface area contributed by atoms with E-state index in [0.29, 0.717) is 11.8 Å². The van der Waals surface area contributed by atoms with Crippen molar-refractivity contribution in [2.75, 3.05) is 33.2 Å². The summed E-state index contributed by atoms with van der Waals surface area (Å²) in [6, 6.07) is 0. The molecule has 5 nitrogen and oxygen atoms in total. The fraction of sp³-hybridized carbons (Fsp3) is 0.750. The lowest BCUT2D eigenvalue weighted by Crippen LogP contribution is -2.42. The van der Waals surface area contributed by atoms with Gasteiger partial charge in [0, 0.05) is 44.5 Å². The molecular weight excluding hydrogens is 264 g/mol. The molecule has 0 radical (unpaired) electrons. The fourth-order valence-electron chi connectivity index (χ4n) is 3.70. The molecule has 2 fully saturated rings. The Balaban J connectivity index is 1.56. The van der Waals surface area contributed by atoms with Gasteiger partial charge in [-0.1, -0.05) is 0 Å². The van der Waals surface area contributed by atoms with Crippen LogP contribution in [0, 0.1) is 5.92 Å². The first-order valence-electron chi connectivity index (χ1n) is 8.17. The van der Waals surface area contributed by atoms with Gasteiger partial charge in [0.2, 0.25) is 5.91 Å². The van der Waals surface area contributed by atoms with Crippen LogP contribution >= 0.6 is 0 Å². The first kappa shape index (κ1) is 14.6. The average Bonchev–Trinajstić information content (AvgIpc) is 3.15. The fourth-order valence-corrected chi connectivity index (χ4v) is 3.70. The Morgan fingerprint density at radius 2 is 2.05 bits per heavy atom. The summed E-state index contributed by atoms with van der Waals surface area (Å²) in [5.41, 5.74) is 0. The van der Waals surface area contributed by atoms with Crippen molar-refractivity contribution in [1.82, 2.24) is 19.4 Å². The molecule has 1 aromatic heterocycles. The molecule has 0 spiro atoms. The van der Waals surface area contributed by atoms with Gasteiger partial charge in [-0.15, -0.1) is 0 Å². The molecule has 1 atom stereocenters. The normalized spacial score (nSPS) is 24.7. The van der Waals surface area contributed by atoms with Crippen LogP contribution in [0.5, 0.6) is 0 Å². The molecule has 2 aliphatic heterocycles. The van der Waals surface area contributed by atoms with Crippen LogP contribution < -0.4 is 0 Å². The highest BCUT2D eigenvalue weighted by molar-refractivity contribution is 5.79. The lowest BCUT2D eigenvalue weighted by Gasteiger charge is -2.33. The topological polar surface area (TPSA) is 41.4 Å². The van der Waals surface area contributed by atoms with Gasteiger partial charge in [0.1, 0.15) is 5.82 Å². The third kappa shape index (κ3) is 2.98. The Morgan fingerprint density at radius 1 is 1.29 bits per heavy atom. The van der Waals surface area contributed by atoms with Gasteiger partial charge in [-0.3, -0.25) is 4.79 Å². The van der Waals surface area contributed by atoms with Gasteiger partial charge in [-0.2, -0.15) is 0 Å². The zero-order chi connectivity index (χ0) is 14.8. The highest BCUT2D eigenvalue weighted by Gasteiger charge is 2.32. The maximum atomic E-state index is 12.5. The molecule has 21 heavy (non-hydrogen) atoms. The summed E-state index contributed by atoms with van der Waals surface area (Å²) in [6.45, 7) is 6.89. The Hall–Kier alpha value is -1.36. The number of hydrogen-bond acceptors (Lipinski definition) is 3. The average molecular weight is 290 g/mol. The van der Waals surface area contributed by atoms with Crippen LogP contribution in [0.1, 0.15) is 37.9 Å². The minimum absolute atomic E-state index is 0.226. The van der Waals surface area contributed by atoms with Crippen LogP contribution in [0.2, 0.25) is 0 Å². The van der Waals surface area contributed by atoms with E-state index < -0.39 is 0 Å². The predicted octanol–water partition coefficient (Wildman–Crippen LogP) is 1.56. The summed E-state index contributed by atoms with van der Waals surface area (Å²) in [6.07, 6.45) is 7.07. The van der Waals surface area contributed by atoms with Gasteiger partial charge in [-0.05, 0) is 39.8 Å². The van der Waals surface area contributed by atoms with Gasteiger partial charge in [-0.25, -0.2) is 4.98 Å². The zero-order valence-electron chi connectivity index (χ0n) is 13.2. The first-order chi connectivity index (χ1) is 10.2. The summed E-state index contributed by atoms with van der Waals surface area (Å²) in [5.74, 6) is 2.31. The molecule has 2 aliphatic rings. The Kier molecular flexibility index (Phi) is 4.29. The van der Waals surface area contributed by atoms with Crippen LogP contribution in [0.15, 0.2) is 12.4 Å². The third-order valence-electron chi connectivity index (χ3n) is 5.00. The molecule has 3 rings (SSSR count). The van der Waals surface area contributed by atoms with E-state index in [1.54, 1.807) is 0 Å². The van der Waals surface area contributed by atoms with E-state index >= 15 is 0 Å². The van der Waals surface area contributed by atoms with Crippen molar-refractivity contribution in [3.63, 3.8) is 0 Å². The summed E-state index contributed by atoms with van der Waals surface area (Å²) >= 11 is 0. The Labute approximate surface area is 126 Å². The van der Waals surface area contributed by atoms with Crippen molar-refractivity contribution in [2.45, 2.75) is 38.6 Å². The van der Waals surface area contributed by atoms with Gasteiger partial charge >= 0.3 is 0 Å². The molecule has 0 aromatic carbocycles. The lowest BCUT2D eigenvalue weighted by atomic mass is 9.94. The quantitative estimate of drug-likeness (QED) is 0.848. The number of aryl methyl sites for hydroxylation is 1. The standard InChI is InChI=1S/C16H26N4O/c1-3-19-11-7-17-15(19)13-5-9-20(10-6-13)16(21)14-4-8-18(2)12-14/h7,11,13-14H,3-6,8-10,12H2,1-2H3/t14-/m1/s1. The highest BCUT2D eigenvalue weighted by Crippen LogP contribution is 2.28. The maximum absolute atomic E-state index is 12.5. The molecule has 3 heterocycles. The van der Waals surface area contributed by atoms with E-state index in [4.69, 9.17) is 0 Å². The van der Waals surface area contributed by atoms with Crippen LogP contribution in [-0.4, -0.2) is 58.5 Å². The smallest absolute Gasteiger partial charge is 0.227 e. The Morgan fingerprint density at radius 3 is 2.67 bits per heavy atom. The molecule has 0 N–H and O–H groups in total. The number of aromatic nitrogens is 2. The molecule has 0 unspecified atom stereocenters. The van der Waals surface area contributed by atoms with E-state index in [0.717, 1.165) is 52.0 Å². The molecule has 0 aliphatic carbocycles. The summed E-state index contributed by atoms with van der Waals surface area (Å²) in [5, 5.41) is 0. The lowest BCUT2D eigenvalue weighted by molar-refractivity contribution is -0.136. The number of hydrogen-bond donors (Lipinski definition) is 0. The number of rotatable bonds is 3. The SMILES string of the molecule is CCn1ccnc1C1CCN(C(=O)[C@@H]2CCN(C)C2)CC1. The second-order valence-electron chi connectivity index (χ2n) is 6.42. The zero-order valence-corrected chi connectivity index (χ0v) is 13.2. The van der Waals surface area contributed by atoms with Gasteiger partial charge in [0.15, 0.2) is 0 Å². The van der Waals surface area contributed by atoms with Crippen LogP contribution in [0.3, 0.4) is 0 Å². The van der Waals surface area contributed by atoms with E-state index in [2.05, 4.69) is 39.5 Å². The summed E-state index contributed by atoms with van der Waals surface area (Å²) in [4.78, 5) is 21.4. The van der Waals surface area contributed by atoms with Crippen molar-refractivity contribution in [1.29, 1.82) is 0 Å². The van der Waals surface area contributed by atoms with Crippen LogP contribution in [0.4, 0.5) is 0 Å². The number of amides is 1. The number of carbonyl (C=O) groups excluding carboxylic acids is 1. The minimum Gasteiger partial charge on any atom is -0.342 e. The van der Waals surface area contributed by atoms with Gasteiger partial charge in [0.25, 0.3) is 0 Å². The maximum Gasteiger partial charge on any atom is 0.227 e. The molecule has 1 aromatic rings. The van der Waals surface area contributed by atoms with Crippen LogP contribution in [0.25, 0.3) is 0 Å². The molecule has 0 saturated carbocycles. The monoisotopic (exact) mass is 290 g/mol. The van der Waals surface area contributed by atoms with Crippen LogP contribution in [-0.2, 0) is 11.3 Å². The third-order valence-corrected chi connectivity index (χ3v) is 5.00. The number of piperidine rings is 1. The Bertz CT molecular complexity index is 490. The van der Waals surface area contributed by atoms with Crippen molar-refractivity contribution in [3.05, 3.63) is 18.2 Å². The largest absolute Gasteiger partial charge is 0.342 e. The summed E-state index contributed by atoms with van der Waals surface area (Å²) in [7, 11) is 2.10. The van der Waals surface area contributed by atoms with E-state index in [1.807, 2.05) is 6.20 Å². The number of likely N-dealkylation sites (tertiary alicyclic amines) is 2. The molecule has 116 valence electrons. The molecule has 0 bridgehead atoms.